The molecule has 1 saturated heterocycles. The summed E-state index contributed by atoms with van der Waals surface area (Å²) >= 11 is 6.51. The third-order valence-electron chi connectivity index (χ3n) is 2.46. The number of rotatable bonds is 2. The first-order chi connectivity index (χ1) is 7.79. The van der Waals surface area contributed by atoms with Gasteiger partial charge in [-0.2, -0.15) is 5.10 Å². The molecule has 2 heterocycles. The molecule has 0 amide bonds. The largest absolute Gasteiger partial charge is 0.473 e. The van der Waals surface area contributed by atoms with E-state index < -0.39 is 0 Å². The average molecular weight is 255 g/mol. The van der Waals surface area contributed by atoms with E-state index in [-0.39, 0.29) is 6.10 Å². The monoisotopic (exact) mass is 255 g/mol. The lowest BCUT2D eigenvalue weighted by Gasteiger charge is -2.16. The fraction of sp³-hybridized carbons (Fsp3) is 0.500. The molecule has 2 rings (SSSR count). The normalized spacial score (nSPS) is 19.8. The van der Waals surface area contributed by atoms with Crippen molar-refractivity contribution >= 4 is 34.2 Å². The number of thiocarbonyl (C=S) groups is 1. The average Bonchev–Trinajstić information content (AvgIpc) is 2.78. The Morgan fingerprint density at radius 3 is 3.25 bits per heavy atom. The highest BCUT2D eigenvalue weighted by atomic mass is 32.2. The van der Waals surface area contributed by atoms with Gasteiger partial charge in [0.05, 0.1) is 6.54 Å². The van der Waals surface area contributed by atoms with Gasteiger partial charge >= 0.3 is 0 Å². The fourth-order valence-corrected chi connectivity index (χ4v) is 2.05. The van der Waals surface area contributed by atoms with Crippen LogP contribution in [0.5, 0.6) is 0 Å². The van der Waals surface area contributed by atoms with Crippen LogP contribution in [0.2, 0.25) is 0 Å². The van der Waals surface area contributed by atoms with E-state index in [1.165, 1.54) is 11.8 Å². The maximum Gasteiger partial charge on any atom is 0.220 e. The van der Waals surface area contributed by atoms with Crippen LogP contribution in [0.15, 0.2) is 18.3 Å². The summed E-state index contributed by atoms with van der Waals surface area (Å²) in [5, 5.41) is 7.95. The van der Waals surface area contributed by atoms with Crippen molar-refractivity contribution in [1.29, 1.82) is 0 Å². The van der Waals surface area contributed by atoms with E-state index in [0.29, 0.717) is 4.38 Å². The summed E-state index contributed by atoms with van der Waals surface area (Å²) in [5.74, 6) is 0.906. The molecule has 0 bridgehead atoms. The quantitative estimate of drug-likeness (QED) is 0.749. The summed E-state index contributed by atoms with van der Waals surface area (Å²) in [6, 6.07) is 3.85. The second-order valence-corrected chi connectivity index (χ2v) is 4.92. The maximum absolute atomic E-state index is 5.62. The highest BCUT2D eigenvalue weighted by molar-refractivity contribution is 8.22. The first-order valence-corrected chi connectivity index (χ1v) is 6.70. The number of thioether (sulfide) groups is 1. The van der Waals surface area contributed by atoms with Gasteiger partial charge in [0.15, 0.2) is 5.82 Å². The Morgan fingerprint density at radius 1 is 1.69 bits per heavy atom. The lowest BCUT2D eigenvalue weighted by atomic mass is 10.3. The highest BCUT2D eigenvalue weighted by Gasteiger charge is 2.25. The second kappa shape index (κ2) is 5.45. The molecule has 0 aliphatic carbocycles. The van der Waals surface area contributed by atoms with Crippen molar-refractivity contribution in [1.82, 2.24) is 10.2 Å². The minimum Gasteiger partial charge on any atom is -0.473 e. The fourth-order valence-electron chi connectivity index (χ4n) is 1.68. The van der Waals surface area contributed by atoms with E-state index in [1.807, 2.05) is 18.4 Å². The molecular formula is C10H13N3OS2. The summed E-state index contributed by atoms with van der Waals surface area (Å²) in [6.07, 6.45) is 4.77. The number of hydrogen-bond acceptors (Lipinski definition) is 6. The van der Waals surface area contributed by atoms with Crippen molar-refractivity contribution in [3.05, 3.63) is 18.3 Å². The van der Waals surface area contributed by atoms with Crippen LogP contribution in [-0.4, -0.2) is 40.0 Å². The molecular weight excluding hydrogens is 242 g/mol. The Morgan fingerprint density at radius 2 is 2.56 bits per heavy atom. The third kappa shape index (κ3) is 2.82. The molecule has 0 unspecified atom stereocenters. The highest BCUT2D eigenvalue weighted by Crippen LogP contribution is 2.20. The summed E-state index contributed by atoms with van der Waals surface area (Å²) in [7, 11) is 0. The predicted octanol–water partition coefficient (Wildman–Crippen LogP) is 1.72. The van der Waals surface area contributed by atoms with Crippen molar-refractivity contribution in [2.45, 2.75) is 12.5 Å². The first-order valence-electron chi connectivity index (χ1n) is 5.07. The molecule has 86 valence electrons. The van der Waals surface area contributed by atoms with Crippen molar-refractivity contribution in [3.8, 4) is 0 Å². The van der Waals surface area contributed by atoms with Crippen LogP contribution in [0.1, 0.15) is 6.42 Å². The third-order valence-corrected chi connectivity index (χ3v) is 3.48. The standard InChI is InChI=1S/C10H13N3OS2/c1-16-10(15)14-8-4-6-13(7-8)9-3-2-5-11-12-9/h2-3,5,8H,4,6-7H2,1H3/t8-/m1/s1. The second-order valence-electron chi connectivity index (χ2n) is 3.51. The Labute approximate surface area is 104 Å². The zero-order chi connectivity index (χ0) is 11.4. The molecule has 16 heavy (non-hydrogen) atoms. The summed E-state index contributed by atoms with van der Waals surface area (Å²) in [6.45, 7) is 1.78. The Hall–Kier alpha value is -0.880. The van der Waals surface area contributed by atoms with Crippen LogP contribution in [0.3, 0.4) is 0 Å². The number of hydrogen-bond donors (Lipinski definition) is 0. The van der Waals surface area contributed by atoms with Gasteiger partial charge in [-0.3, -0.25) is 0 Å². The Bertz CT molecular complexity index is 360. The Kier molecular flexibility index (Phi) is 3.95. The van der Waals surface area contributed by atoms with E-state index in [1.54, 1.807) is 6.20 Å². The SMILES string of the molecule is CSC(=S)O[C@@H]1CCN(c2cccnn2)C1. The topological polar surface area (TPSA) is 38.2 Å². The molecule has 1 aromatic rings. The molecule has 0 aromatic carbocycles. The van der Waals surface area contributed by atoms with Gasteiger partial charge in [0.25, 0.3) is 0 Å². The van der Waals surface area contributed by atoms with Gasteiger partial charge in [0.2, 0.25) is 4.38 Å². The zero-order valence-corrected chi connectivity index (χ0v) is 10.6. The van der Waals surface area contributed by atoms with Gasteiger partial charge in [-0.1, -0.05) is 11.8 Å². The van der Waals surface area contributed by atoms with Crippen molar-refractivity contribution in [2.75, 3.05) is 24.2 Å². The van der Waals surface area contributed by atoms with Crippen LogP contribution >= 0.6 is 24.0 Å². The zero-order valence-electron chi connectivity index (χ0n) is 9.00. The van der Waals surface area contributed by atoms with Gasteiger partial charge in [-0.15, -0.1) is 5.10 Å². The van der Waals surface area contributed by atoms with Gasteiger partial charge in [-0.25, -0.2) is 0 Å². The van der Waals surface area contributed by atoms with Crippen molar-refractivity contribution in [2.24, 2.45) is 0 Å². The van der Waals surface area contributed by atoms with E-state index in [4.69, 9.17) is 17.0 Å². The number of nitrogens with zero attached hydrogens (tertiary/aromatic N) is 3. The summed E-state index contributed by atoms with van der Waals surface area (Å²) in [5.41, 5.74) is 0. The molecule has 1 atom stereocenters. The van der Waals surface area contributed by atoms with Crippen LogP contribution in [-0.2, 0) is 4.74 Å². The Balaban J connectivity index is 1.91. The number of aromatic nitrogens is 2. The molecule has 0 spiro atoms. The molecule has 1 aliphatic heterocycles. The van der Waals surface area contributed by atoms with E-state index in [9.17, 15) is 0 Å². The van der Waals surface area contributed by atoms with E-state index in [2.05, 4.69) is 15.1 Å². The van der Waals surface area contributed by atoms with E-state index >= 15 is 0 Å². The van der Waals surface area contributed by atoms with Gasteiger partial charge < -0.3 is 9.64 Å². The lowest BCUT2D eigenvalue weighted by molar-refractivity contribution is 0.225. The molecule has 0 radical (unpaired) electrons. The summed E-state index contributed by atoms with van der Waals surface area (Å²) in [4.78, 5) is 2.17. The van der Waals surface area contributed by atoms with Crippen molar-refractivity contribution in [3.63, 3.8) is 0 Å². The minimum absolute atomic E-state index is 0.182. The van der Waals surface area contributed by atoms with Crippen LogP contribution in [0, 0.1) is 0 Å². The van der Waals surface area contributed by atoms with E-state index in [0.717, 1.165) is 25.3 Å². The molecule has 1 aromatic heterocycles. The predicted molar refractivity (Wildman–Crippen MR) is 69.8 cm³/mol. The molecule has 1 aliphatic rings. The van der Waals surface area contributed by atoms with Crippen LogP contribution in [0.25, 0.3) is 0 Å². The lowest BCUT2D eigenvalue weighted by Crippen LogP contribution is -2.24. The maximum atomic E-state index is 5.62. The molecule has 0 N–H and O–H groups in total. The van der Waals surface area contributed by atoms with Gasteiger partial charge in [-0.05, 0) is 30.6 Å². The molecule has 4 nitrogen and oxygen atoms in total. The van der Waals surface area contributed by atoms with Crippen molar-refractivity contribution < 1.29 is 4.74 Å². The molecule has 6 heteroatoms. The molecule has 1 fully saturated rings. The van der Waals surface area contributed by atoms with Crippen LogP contribution in [0.4, 0.5) is 5.82 Å². The number of anilines is 1. The van der Waals surface area contributed by atoms with Crippen LogP contribution < -0.4 is 4.90 Å². The van der Waals surface area contributed by atoms with Gasteiger partial charge in [0.1, 0.15) is 6.10 Å². The number of ether oxygens (including phenoxy) is 1. The smallest absolute Gasteiger partial charge is 0.220 e. The first kappa shape index (κ1) is 11.6. The minimum atomic E-state index is 0.182. The van der Waals surface area contributed by atoms with Gasteiger partial charge in [0, 0.05) is 19.2 Å². The molecule has 0 saturated carbocycles. The summed E-state index contributed by atoms with van der Waals surface area (Å²) < 4.78 is 6.23.